The van der Waals surface area contributed by atoms with Crippen LogP contribution in [0, 0.1) is 0 Å². The Balaban J connectivity index is 2.72. The Hall–Kier alpha value is -1.08. The van der Waals surface area contributed by atoms with Crippen LogP contribution in [0.5, 0.6) is 0 Å². The number of pyridine rings is 1. The van der Waals surface area contributed by atoms with E-state index in [9.17, 15) is 22.4 Å². The normalized spacial score (nSPS) is 11.7. The Morgan fingerprint density at radius 1 is 1.39 bits per heavy atom. The molecule has 0 radical (unpaired) electrons. The summed E-state index contributed by atoms with van der Waals surface area (Å²) >= 11 is 11.0. The van der Waals surface area contributed by atoms with Crippen LogP contribution in [0.25, 0.3) is 0 Å². The Kier molecular flexibility index (Phi) is 4.75. The van der Waals surface area contributed by atoms with Gasteiger partial charge in [-0.25, -0.2) is 13.8 Å². The molecule has 100 valence electrons. The van der Waals surface area contributed by atoms with Gasteiger partial charge in [-0.05, 0) is 12.1 Å². The van der Waals surface area contributed by atoms with Crippen LogP contribution < -0.4 is 5.32 Å². The van der Waals surface area contributed by atoms with Gasteiger partial charge in [0.15, 0.2) is 0 Å². The minimum absolute atomic E-state index is 0.00876. The maximum absolute atomic E-state index is 12.6. The fourth-order valence-corrected chi connectivity index (χ4v) is 1.38. The van der Waals surface area contributed by atoms with Gasteiger partial charge in [0.1, 0.15) is 10.3 Å². The number of nitrogens with one attached hydrogen (secondary N) is 1. The fourth-order valence-electron chi connectivity index (χ4n) is 0.952. The molecule has 0 unspecified atom stereocenters. The number of rotatable bonds is 4. The van der Waals surface area contributed by atoms with Crippen LogP contribution >= 0.6 is 23.2 Å². The highest BCUT2D eigenvalue weighted by molar-refractivity contribution is 6.34. The van der Waals surface area contributed by atoms with Gasteiger partial charge in [0.05, 0.1) is 12.1 Å². The molecule has 1 aromatic rings. The van der Waals surface area contributed by atoms with E-state index in [0.29, 0.717) is 0 Å². The summed E-state index contributed by atoms with van der Waals surface area (Å²) in [5.41, 5.74) is -0.230. The zero-order valence-electron chi connectivity index (χ0n) is 8.56. The van der Waals surface area contributed by atoms with E-state index in [1.807, 2.05) is 0 Å². The molecule has 0 spiro atoms. The van der Waals surface area contributed by atoms with E-state index >= 15 is 0 Å². The third-order valence-corrected chi connectivity index (χ3v) is 2.36. The molecule has 0 aromatic carbocycles. The summed E-state index contributed by atoms with van der Waals surface area (Å²) in [6, 6.07) is 2.36. The lowest BCUT2D eigenvalue weighted by Gasteiger charge is -2.15. The molecule has 0 aliphatic rings. The molecule has 0 aliphatic heterocycles. The van der Waals surface area contributed by atoms with Crippen molar-refractivity contribution in [1.82, 2.24) is 10.3 Å². The predicted molar refractivity (Wildman–Crippen MR) is 57.5 cm³/mol. The third-order valence-electron chi connectivity index (χ3n) is 1.86. The van der Waals surface area contributed by atoms with Crippen molar-refractivity contribution in [1.29, 1.82) is 0 Å². The molecule has 3 nitrogen and oxygen atoms in total. The fraction of sp³-hybridized carbons (Fsp3) is 0.333. The summed E-state index contributed by atoms with van der Waals surface area (Å²) in [7, 11) is 0. The van der Waals surface area contributed by atoms with Crippen molar-refractivity contribution in [3.63, 3.8) is 0 Å². The first-order valence-corrected chi connectivity index (χ1v) is 5.26. The van der Waals surface area contributed by atoms with E-state index in [-0.39, 0.29) is 15.9 Å². The average Bonchev–Trinajstić information content (AvgIpc) is 2.25. The van der Waals surface area contributed by atoms with Crippen LogP contribution in [0.2, 0.25) is 10.3 Å². The van der Waals surface area contributed by atoms with Crippen molar-refractivity contribution in [2.75, 3.05) is 6.54 Å². The zero-order valence-corrected chi connectivity index (χ0v) is 10.1. The maximum Gasteiger partial charge on any atom is 0.324 e. The topological polar surface area (TPSA) is 42.0 Å². The number of carbonyl (C=O) groups excluding carboxylic acids is 1. The lowest BCUT2D eigenvalue weighted by Crippen LogP contribution is -2.41. The molecule has 0 saturated carbocycles. The number of aromatic nitrogens is 1. The van der Waals surface area contributed by atoms with Gasteiger partial charge in [-0.2, -0.15) is 8.78 Å². The van der Waals surface area contributed by atoms with Crippen molar-refractivity contribution in [3.05, 3.63) is 28.0 Å². The van der Waals surface area contributed by atoms with Gasteiger partial charge in [-0.3, -0.25) is 4.79 Å². The summed E-state index contributed by atoms with van der Waals surface area (Å²) in [5.74, 6) is -5.34. The molecule has 18 heavy (non-hydrogen) atoms. The van der Waals surface area contributed by atoms with Crippen molar-refractivity contribution in [2.45, 2.75) is 12.3 Å². The summed E-state index contributed by atoms with van der Waals surface area (Å²) in [6.07, 6.45) is -3.86. The van der Waals surface area contributed by atoms with Gasteiger partial charge < -0.3 is 5.32 Å². The van der Waals surface area contributed by atoms with Gasteiger partial charge in [0.2, 0.25) is 0 Å². The lowest BCUT2D eigenvalue weighted by molar-refractivity contribution is -0.123. The second kappa shape index (κ2) is 5.71. The number of nitrogens with zero attached hydrogens (tertiary/aromatic N) is 1. The van der Waals surface area contributed by atoms with Crippen molar-refractivity contribution in [3.8, 4) is 0 Å². The Morgan fingerprint density at radius 2 is 2.00 bits per heavy atom. The van der Waals surface area contributed by atoms with E-state index < -0.39 is 24.8 Å². The number of amides is 1. The minimum Gasteiger partial charge on any atom is -0.346 e. The molecule has 9 heteroatoms. The van der Waals surface area contributed by atoms with E-state index in [1.165, 1.54) is 6.07 Å². The molecular weight excluding hydrogens is 299 g/mol. The number of carbonyl (C=O) groups is 1. The second-order valence-electron chi connectivity index (χ2n) is 3.22. The van der Waals surface area contributed by atoms with E-state index in [0.717, 1.165) is 6.07 Å². The number of hydrogen-bond acceptors (Lipinski definition) is 2. The Labute approximate surface area is 109 Å². The first-order chi connectivity index (χ1) is 8.24. The maximum atomic E-state index is 12.6. The van der Waals surface area contributed by atoms with Gasteiger partial charge in [0, 0.05) is 0 Å². The van der Waals surface area contributed by atoms with Gasteiger partial charge >= 0.3 is 12.3 Å². The smallest absolute Gasteiger partial charge is 0.324 e. The van der Waals surface area contributed by atoms with Crippen molar-refractivity contribution < 1.29 is 22.4 Å². The first-order valence-electron chi connectivity index (χ1n) is 4.50. The number of halogens is 6. The monoisotopic (exact) mass is 304 g/mol. The zero-order chi connectivity index (χ0) is 13.9. The molecule has 0 fully saturated rings. The van der Waals surface area contributed by atoms with Gasteiger partial charge in [0.25, 0.3) is 5.91 Å². The van der Waals surface area contributed by atoms with E-state index in [4.69, 9.17) is 23.2 Å². The highest BCUT2D eigenvalue weighted by Crippen LogP contribution is 2.22. The molecule has 0 bridgehead atoms. The highest BCUT2D eigenvalue weighted by atomic mass is 35.5. The van der Waals surface area contributed by atoms with Crippen LogP contribution in [-0.2, 0) is 0 Å². The van der Waals surface area contributed by atoms with Crippen LogP contribution in [-0.4, -0.2) is 29.8 Å². The SMILES string of the molecule is O=C(NCC(F)(F)C(F)F)c1ccc(Cl)nc1Cl. The number of alkyl halides is 4. The molecular formula is C9H6Cl2F4N2O. The van der Waals surface area contributed by atoms with Crippen LogP contribution in [0.4, 0.5) is 17.6 Å². The summed E-state index contributed by atoms with van der Waals surface area (Å²) in [6.45, 7) is -1.50. The van der Waals surface area contributed by atoms with Crippen molar-refractivity contribution in [2.24, 2.45) is 0 Å². The quantitative estimate of drug-likeness (QED) is 0.686. The van der Waals surface area contributed by atoms with Crippen LogP contribution in [0.15, 0.2) is 12.1 Å². The molecule has 1 rings (SSSR count). The molecule has 0 atom stereocenters. The first kappa shape index (κ1) is 15.0. The summed E-state index contributed by atoms with van der Waals surface area (Å²) < 4.78 is 48.8. The largest absolute Gasteiger partial charge is 0.346 e. The molecule has 1 aromatic heterocycles. The average molecular weight is 305 g/mol. The molecule has 0 aliphatic carbocycles. The third kappa shape index (κ3) is 3.71. The number of hydrogen-bond donors (Lipinski definition) is 1. The molecule has 1 heterocycles. The Morgan fingerprint density at radius 3 is 2.50 bits per heavy atom. The molecule has 0 saturated heterocycles. The Bertz CT molecular complexity index is 456. The lowest BCUT2D eigenvalue weighted by atomic mass is 10.2. The summed E-state index contributed by atoms with van der Waals surface area (Å²) in [4.78, 5) is 14.9. The standard InChI is InChI=1S/C9H6Cl2F4N2O/c10-5-2-1-4(6(11)17-5)7(18)16-3-9(14,15)8(12)13/h1-2,8H,3H2,(H,16,18). The van der Waals surface area contributed by atoms with Crippen molar-refractivity contribution >= 4 is 29.1 Å². The second-order valence-corrected chi connectivity index (χ2v) is 3.96. The molecule has 1 N–H and O–H groups in total. The van der Waals surface area contributed by atoms with Gasteiger partial charge in [-0.1, -0.05) is 23.2 Å². The van der Waals surface area contributed by atoms with E-state index in [1.54, 1.807) is 5.32 Å². The van der Waals surface area contributed by atoms with Gasteiger partial charge in [-0.15, -0.1) is 0 Å². The predicted octanol–water partition coefficient (Wildman–Crippen LogP) is 3.02. The highest BCUT2D eigenvalue weighted by Gasteiger charge is 2.40. The molecule has 1 amide bonds. The van der Waals surface area contributed by atoms with Crippen LogP contribution in [0.1, 0.15) is 10.4 Å². The minimum atomic E-state index is -4.30. The van der Waals surface area contributed by atoms with Crippen LogP contribution in [0.3, 0.4) is 0 Å². The summed E-state index contributed by atoms with van der Waals surface area (Å²) in [5, 5.41) is 1.35. The van der Waals surface area contributed by atoms with E-state index in [2.05, 4.69) is 4.98 Å².